The Bertz CT molecular complexity index is 641. The Morgan fingerprint density at radius 2 is 2.13 bits per heavy atom. The highest BCUT2D eigenvalue weighted by Crippen LogP contribution is 2.26. The van der Waals surface area contributed by atoms with Crippen molar-refractivity contribution >= 4 is 6.03 Å². The largest absolute Gasteiger partial charge is 0.496 e. The van der Waals surface area contributed by atoms with Gasteiger partial charge in [0.05, 0.1) is 19.7 Å². The highest BCUT2D eigenvalue weighted by Gasteiger charge is 2.16. The number of ether oxygens (including phenoxy) is 1. The number of hydrogen-bond acceptors (Lipinski definition) is 4. The molecular weight excluding hydrogens is 294 g/mol. The van der Waals surface area contributed by atoms with Crippen LogP contribution in [0.5, 0.6) is 5.75 Å². The van der Waals surface area contributed by atoms with Crippen LogP contribution >= 0.6 is 0 Å². The highest BCUT2D eigenvalue weighted by atomic mass is 16.5. The number of aryl methyl sites for hydroxylation is 1. The second-order valence-corrected chi connectivity index (χ2v) is 5.06. The van der Waals surface area contributed by atoms with E-state index >= 15 is 0 Å². The van der Waals surface area contributed by atoms with Crippen LogP contribution in [0.15, 0.2) is 30.6 Å². The van der Waals surface area contributed by atoms with Crippen LogP contribution < -0.4 is 15.4 Å². The van der Waals surface area contributed by atoms with Crippen LogP contribution in [0.3, 0.4) is 0 Å². The summed E-state index contributed by atoms with van der Waals surface area (Å²) in [4.78, 5) is 12.2. The first-order valence-electron chi connectivity index (χ1n) is 7.73. The lowest BCUT2D eigenvalue weighted by Gasteiger charge is -2.20. The third-order valence-electron chi connectivity index (χ3n) is 3.67. The zero-order valence-corrected chi connectivity index (χ0v) is 13.7. The molecule has 0 radical (unpaired) electrons. The maximum atomic E-state index is 12.2. The highest BCUT2D eigenvalue weighted by molar-refractivity contribution is 5.74. The molecule has 0 unspecified atom stereocenters. The Labute approximate surface area is 136 Å². The number of carbonyl (C=O) groups is 1. The molecule has 0 fully saturated rings. The number of nitrogens with zero attached hydrogens (tertiary/aromatic N) is 3. The van der Waals surface area contributed by atoms with E-state index in [4.69, 9.17) is 4.74 Å². The zero-order chi connectivity index (χ0) is 16.7. The molecule has 1 atom stereocenters. The van der Waals surface area contributed by atoms with Crippen molar-refractivity contribution < 1.29 is 9.53 Å². The fraction of sp³-hybridized carbons (Fsp3) is 0.438. The van der Waals surface area contributed by atoms with Crippen LogP contribution in [-0.2, 0) is 13.1 Å². The lowest BCUT2D eigenvalue weighted by Crippen LogP contribution is -2.38. The van der Waals surface area contributed by atoms with E-state index in [-0.39, 0.29) is 12.1 Å². The van der Waals surface area contributed by atoms with Crippen molar-refractivity contribution in [2.75, 3.05) is 7.11 Å². The molecule has 1 heterocycles. The molecule has 124 valence electrons. The molecule has 0 aliphatic heterocycles. The van der Waals surface area contributed by atoms with Crippen molar-refractivity contribution in [3.05, 3.63) is 42.0 Å². The quantitative estimate of drug-likeness (QED) is 0.821. The molecule has 2 amide bonds. The fourth-order valence-corrected chi connectivity index (χ4v) is 2.40. The summed E-state index contributed by atoms with van der Waals surface area (Å²) in [6, 6.07) is 7.34. The molecule has 23 heavy (non-hydrogen) atoms. The molecule has 0 saturated heterocycles. The molecule has 7 nitrogen and oxygen atoms in total. The number of nitrogens with one attached hydrogen (secondary N) is 2. The van der Waals surface area contributed by atoms with Gasteiger partial charge in [0.1, 0.15) is 12.1 Å². The van der Waals surface area contributed by atoms with Gasteiger partial charge in [-0.05, 0) is 19.4 Å². The van der Waals surface area contributed by atoms with Gasteiger partial charge in [0, 0.05) is 12.1 Å². The first-order valence-corrected chi connectivity index (χ1v) is 7.73. The predicted octanol–water partition coefficient (Wildman–Crippen LogP) is 2.26. The van der Waals surface area contributed by atoms with Crippen molar-refractivity contribution in [3.63, 3.8) is 0 Å². The second kappa shape index (κ2) is 8.17. The van der Waals surface area contributed by atoms with Gasteiger partial charge >= 0.3 is 6.03 Å². The van der Waals surface area contributed by atoms with Gasteiger partial charge in [-0.1, -0.05) is 25.1 Å². The third kappa shape index (κ3) is 4.21. The van der Waals surface area contributed by atoms with Crippen molar-refractivity contribution in [1.82, 2.24) is 25.4 Å². The molecule has 7 heteroatoms. The van der Waals surface area contributed by atoms with Gasteiger partial charge in [0.2, 0.25) is 0 Å². The summed E-state index contributed by atoms with van der Waals surface area (Å²) in [6.07, 6.45) is 2.41. The maximum Gasteiger partial charge on any atom is 0.315 e. The van der Waals surface area contributed by atoms with Crippen molar-refractivity contribution in [3.8, 4) is 5.75 Å². The summed E-state index contributed by atoms with van der Waals surface area (Å²) in [5.74, 6) is 1.50. The molecule has 2 rings (SSSR count). The first kappa shape index (κ1) is 16.8. The molecule has 0 aliphatic carbocycles. The average molecular weight is 317 g/mol. The topological polar surface area (TPSA) is 81.1 Å². The lowest BCUT2D eigenvalue weighted by atomic mass is 10.0. The number of methoxy groups -OCH3 is 1. The molecule has 0 bridgehead atoms. The van der Waals surface area contributed by atoms with E-state index in [1.165, 1.54) is 0 Å². The lowest BCUT2D eigenvalue weighted by molar-refractivity contribution is 0.235. The monoisotopic (exact) mass is 317 g/mol. The number of hydrogen-bond donors (Lipinski definition) is 2. The van der Waals surface area contributed by atoms with E-state index in [1.807, 2.05) is 42.7 Å². The Morgan fingerprint density at radius 1 is 1.35 bits per heavy atom. The van der Waals surface area contributed by atoms with Crippen molar-refractivity contribution in [2.45, 2.75) is 39.4 Å². The van der Waals surface area contributed by atoms with Crippen LogP contribution in [0.1, 0.15) is 37.7 Å². The number of urea groups is 1. The van der Waals surface area contributed by atoms with Crippen molar-refractivity contribution in [1.29, 1.82) is 0 Å². The Hall–Kier alpha value is -2.57. The van der Waals surface area contributed by atoms with Crippen LogP contribution in [0.25, 0.3) is 0 Å². The standard InChI is InChI=1S/C16H23N5O2/c1-4-13(12-8-6-7-9-14(12)23-3)19-16(22)17-10-15-20-18-11-21(15)5-2/h6-9,11,13H,4-5,10H2,1-3H3,(H2,17,19,22)/t13-/m1/s1. The smallest absolute Gasteiger partial charge is 0.315 e. The van der Waals surface area contributed by atoms with Crippen LogP contribution in [-0.4, -0.2) is 27.9 Å². The molecule has 1 aromatic carbocycles. The zero-order valence-electron chi connectivity index (χ0n) is 13.7. The number of aromatic nitrogens is 3. The molecule has 1 aromatic heterocycles. The number of para-hydroxylation sites is 1. The van der Waals surface area contributed by atoms with E-state index in [2.05, 4.69) is 20.8 Å². The second-order valence-electron chi connectivity index (χ2n) is 5.06. The fourth-order valence-electron chi connectivity index (χ4n) is 2.40. The van der Waals surface area contributed by atoms with Crippen molar-refractivity contribution in [2.24, 2.45) is 0 Å². The number of benzene rings is 1. The minimum atomic E-state index is -0.242. The molecular formula is C16H23N5O2. The molecule has 0 saturated carbocycles. The number of carbonyl (C=O) groups excluding carboxylic acids is 1. The van der Waals surface area contributed by atoms with E-state index in [0.29, 0.717) is 6.54 Å². The summed E-state index contributed by atoms with van der Waals surface area (Å²) < 4.78 is 7.25. The van der Waals surface area contributed by atoms with Crippen LogP contribution in [0.4, 0.5) is 4.79 Å². The van der Waals surface area contributed by atoms with Gasteiger partial charge in [-0.25, -0.2) is 4.79 Å². The van der Waals surface area contributed by atoms with Gasteiger partial charge in [-0.2, -0.15) is 0 Å². The molecule has 2 aromatic rings. The Balaban J connectivity index is 1.97. The maximum absolute atomic E-state index is 12.2. The third-order valence-corrected chi connectivity index (χ3v) is 3.67. The first-order chi connectivity index (χ1) is 11.2. The summed E-state index contributed by atoms with van der Waals surface area (Å²) >= 11 is 0. The Morgan fingerprint density at radius 3 is 2.83 bits per heavy atom. The summed E-state index contributed by atoms with van der Waals surface area (Å²) in [7, 11) is 1.63. The van der Waals surface area contributed by atoms with E-state index in [0.717, 1.165) is 30.1 Å². The van der Waals surface area contributed by atoms with Gasteiger partial charge < -0.3 is 19.9 Å². The average Bonchev–Trinajstić information content (AvgIpc) is 3.05. The van der Waals surface area contributed by atoms with E-state index in [1.54, 1.807) is 13.4 Å². The Kier molecular flexibility index (Phi) is 5.96. The predicted molar refractivity (Wildman–Crippen MR) is 87.1 cm³/mol. The molecule has 0 spiro atoms. The molecule has 2 N–H and O–H groups in total. The summed E-state index contributed by atoms with van der Waals surface area (Å²) in [5.41, 5.74) is 0.962. The van der Waals surface area contributed by atoms with Crippen LogP contribution in [0, 0.1) is 0 Å². The van der Waals surface area contributed by atoms with E-state index < -0.39 is 0 Å². The minimum absolute atomic E-state index is 0.116. The van der Waals surface area contributed by atoms with E-state index in [9.17, 15) is 4.79 Å². The summed E-state index contributed by atoms with van der Waals surface area (Å²) in [6.45, 7) is 5.12. The summed E-state index contributed by atoms with van der Waals surface area (Å²) in [5, 5.41) is 13.6. The van der Waals surface area contributed by atoms with Crippen LogP contribution in [0.2, 0.25) is 0 Å². The van der Waals surface area contributed by atoms with Gasteiger partial charge in [0.15, 0.2) is 5.82 Å². The minimum Gasteiger partial charge on any atom is -0.496 e. The SMILES string of the molecule is CC[C@@H](NC(=O)NCc1nncn1CC)c1ccccc1OC. The normalized spacial score (nSPS) is 11.8. The van der Waals surface area contributed by atoms with Gasteiger partial charge in [0.25, 0.3) is 0 Å². The van der Waals surface area contributed by atoms with Gasteiger partial charge in [-0.15, -0.1) is 10.2 Å². The van der Waals surface area contributed by atoms with Gasteiger partial charge in [-0.3, -0.25) is 0 Å². The number of amides is 2. The number of rotatable bonds is 7. The molecule has 0 aliphatic rings.